The molecule has 2 aromatic carbocycles. The van der Waals surface area contributed by atoms with Crippen LogP contribution in [0.15, 0.2) is 42.5 Å². The van der Waals surface area contributed by atoms with Crippen molar-refractivity contribution in [1.82, 2.24) is 0 Å². The van der Waals surface area contributed by atoms with E-state index in [1.54, 1.807) is 37.3 Å². The highest BCUT2D eigenvalue weighted by Gasteiger charge is 2.09. The highest BCUT2D eigenvalue weighted by molar-refractivity contribution is 6.01. The molecule has 23 heavy (non-hydrogen) atoms. The Labute approximate surface area is 132 Å². The van der Waals surface area contributed by atoms with Crippen LogP contribution in [-0.4, -0.2) is 17.0 Å². The first-order valence-corrected chi connectivity index (χ1v) is 6.93. The highest BCUT2D eigenvalue weighted by atomic mass is 19.1. The molecule has 2 aromatic rings. The van der Waals surface area contributed by atoms with Gasteiger partial charge in [0.1, 0.15) is 24.6 Å². The van der Waals surface area contributed by atoms with Crippen molar-refractivity contribution in [2.24, 2.45) is 0 Å². The minimum Gasteiger partial charge on any atom is -0.489 e. The molecule has 0 heterocycles. The largest absolute Gasteiger partial charge is 0.489 e. The second-order valence-electron chi connectivity index (χ2n) is 5.02. The quantitative estimate of drug-likeness (QED) is 0.803. The molecule has 0 aliphatic carbocycles. The van der Waals surface area contributed by atoms with E-state index in [1.165, 1.54) is 12.1 Å². The molecule has 0 aliphatic rings. The van der Waals surface area contributed by atoms with Crippen molar-refractivity contribution in [3.8, 4) is 5.75 Å². The van der Waals surface area contributed by atoms with Crippen LogP contribution in [0.2, 0.25) is 0 Å². The summed E-state index contributed by atoms with van der Waals surface area (Å²) in [5.74, 6) is -1.50. The number of anilines is 1. The van der Waals surface area contributed by atoms with Crippen molar-refractivity contribution < 1.29 is 23.8 Å². The molecule has 5 nitrogen and oxygen atoms in total. The van der Waals surface area contributed by atoms with Crippen molar-refractivity contribution >= 4 is 17.6 Å². The molecule has 0 atom stereocenters. The van der Waals surface area contributed by atoms with Crippen molar-refractivity contribution in [1.29, 1.82) is 0 Å². The number of carboxylic acid groups (broad SMARTS) is 1. The van der Waals surface area contributed by atoms with E-state index >= 15 is 0 Å². The maximum absolute atomic E-state index is 13.1. The van der Waals surface area contributed by atoms with Crippen LogP contribution in [0.4, 0.5) is 10.1 Å². The van der Waals surface area contributed by atoms with E-state index in [0.717, 1.165) is 5.56 Å². The first kappa shape index (κ1) is 16.5. The SMILES string of the molecule is Cc1cc(NC(=O)CC(=O)O)ccc1OCc1cccc(F)c1. The topological polar surface area (TPSA) is 75.6 Å². The number of benzene rings is 2. The molecule has 0 aliphatic heterocycles. The van der Waals surface area contributed by atoms with Gasteiger partial charge in [0, 0.05) is 5.69 Å². The summed E-state index contributed by atoms with van der Waals surface area (Å²) in [7, 11) is 0. The average molecular weight is 317 g/mol. The Bertz CT molecular complexity index is 730. The Kier molecular flexibility index (Phi) is 5.30. The molecule has 0 radical (unpaired) electrons. The number of carbonyl (C=O) groups is 2. The monoisotopic (exact) mass is 317 g/mol. The number of aryl methyl sites for hydroxylation is 1. The maximum Gasteiger partial charge on any atom is 0.312 e. The smallest absolute Gasteiger partial charge is 0.312 e. The highest BCUT2D eigenvalue weighted by Crippen LogP contribution is 2.23. The van der Waals surface area contributed by atoms with Gasteiger partial charge in [-0.2, -0.15) is 0 Å². The van der Waals surface area contributed by atoms with E-state index in [-0.39, 0.29) is 12.4 Å². The van der Waals surface area contributed by atoms with Crippen molar-refractivity contribution in [3.05, 3.63) is 59.4 Å². The van der Waals surface area contributed by atoms with Gasteiger partial charge in [-0.25, -0.2) is 4.39 Å². The number of hydrogen-bond acceptors (Lipinski definition) is 3. The number of nitrogens with one attached hydrogen (secondary N) is 1. The van der Waals surface area contributed by atoms with Gasteiger partial charge in [-0.1, -0.05) is 12.1 Å². The van der Waals surface area contributed by atoms with Gasteiger partial charge in [0.05, 0.1) is 0 Å². The van der Waals surface area contributed by atoms with Crippen LogP contribution in [0.1, 0.15) is 17.5 Å². The third-order valence-corrected chi connectivity index (χ3v) is 3.05. The Morgan fingerprint density at radius 3 is 2.65 bits per heavy atom. The van der Waals surface area contributed by atoms with Gasteiger partial charge in [0.15, 0.2) is 0 Å². The van der Waals surface area contributed by atoms with Crippen LogP contribution in [-0.2, 0) is 16.2 Å². The van der Waals surface area contributed by atoms with E-state index in [1.807, 2.05) is 0 Å². The first-order valence-electron chi connectivity index (χ1n) is 6.93. The Balaban J connectivity index is 1.99. The molecule has 0 spiro atoms. The van der Waals surface area contributed by atoms with E-state index in [0.29, 0.717) is 17.0 Å². The minimum atomic E-state index is -1.19. The van der Waals surface area contributed by atoms with Crippen LogP contribution in [0.3, 0.4) is 0 Å². The Morgan fingerprint density at radius 1 is 1.22 bits per heavy atom. The summed E-state index contributed by atoms with van der Waals surface area (Å²) >= 11 is 0. The summed E-state index contributed by atoms with van der Waals surface area (Å²) in [5, 5.41) is 11.0. The number of aliphatic carboxylic acids is 1. The molecule has 120 valence electrons. The number of carboxylic acids is 1. The minimum absolute atomic E-state index is 0.226. The normalized spacial score (nSPS) is 10.2. The fraction of sp³-hybridized carbons (Fsp3) is 0.176. The van der Waals surface area contributed by atoms with Gasteiger partial charge in [-0.3, -0.25) is 9.59 Å². The van der Waals surface area contributed by atoms with Crippen molar-refractivity contribution in [3.63, 3.8) is 0 Å². The molecule has 0 saturated carbocycles. The molecule has 2 rings (SSSR count). The molecule has 6 heteroatoms. The van der Waals surface area contributed by atoms with Crippen molar-refractivity contribution in [2.45, 2.75) is 20.0 Å². The average Bonchev–Trinajstić information content (AvgIpc) is 2.45. The standard InChI is InChI=1S/C17H16FNO4/c1-11-7-14(19-16(20)9-17(21)22)5-6-15(11)23-10-12-3-2-4-13(18)8-12/h2-8H,9-10H2,1H3,(H,19,20)(H,21,22). The predicted octanol–water partition coefficient (Wildman–Crippen LogP) is 3.13. The molecule has 0 bridgehead atoms. The van der Waals surface area contributed by atoms with Gasteiger partial charge in [-0.15, -0.1) is 0 Å². The van der Waals surface area contributed by atoms with E-state index in [2.05, 4.69) is 5.32 Å². The third-order valence-electron chi connectivity index (χ3n) is 3.05. The predicted molar refractivity (Wildman–Crippen MR) is 82.8 cm³/mol. The molecule has 0 unspecified atom stereocenters. The second-order valence-corrected chi connectivity index (χ2v) is 5.02. The van der Waals surface area contributed by atoms with E-state index in [9.17, 15) is 14.0 Å². The van der Waals surface area contributed by atoms with Crippen molar-refractivity contribution in [2.75, 3.05) is 5.32 Å². The van der Waals surface area contributed by atoms with Crippen LogP contribution in [0.5, 0.6) is 5.75 Å². The number of halogens is 1. The number of rotatable bonds is 6. The summed E-state index contributed by atoms with van der Waals surface area (Å²) in [4.78, 5) is 21.9. The molecule has 2 N–H and O–H groups in total. The van der Waals surface area contributed by atoms with Crippen LogP contribution in [0.25, 0.3) is 0 Å². The Hall–Kier alpha value is -2.89. The number of carbonyl (C=O) groups excluding carboxylic acids is 1. The fourth-order valence-corrected chi connectivity index (χ4v) is 2.02. The zero-order valence-electron chi connectivity index (χ0n) is 12.5. The molecule has 0 fully saturated rings. The van der Waals surface area contributed by atoms with Crippen LogP contribution in [0, 0.1) is 12.7 Å². The number of hydrogen-bond donors (Lipinski definition) is 2. The van der Waals surface area contributed by atoms with Gasteiger partial charge < -0.3 is 15.2 Å². The lowest BCUT2D eigenvalue weighted by molar-refractivity contribution is -0.139. The summed E-state index contributed by atoms with van der Waals surface area (Å²) < 4.78 is 18.7. The molecular formula is C17H16FNO4. The van der Waals surface area contributed by atoms with Gasteiger partial charge in [0.25, 0.3) is 0 Å². The lowest BCUT2D eigenvalue weighted by Gasteiger charge is -2.11. The van der Waals surface area contributed by atoms with Crippen LogP contribution < -0.4 is 10.1 Å². The van der Waals surface area contributed by atoms with Gasteiger partial charge in [0.2, 0.25) is 5.91 Å². The summed E-state index contributed by atoms with van der Waals surface area (Å²) in [6.07, 6.45) is -0.586. The summed E-state index contributed by atoms with van der Waals surface area (Å²) in [5.41, 5.74) is 1.98. The van der Waals surface area contributed by atoms with Gasteiger partial charge >= 0.3 is 5.97 Å². The number of ether oxygens (including phenoxy) is 1. The maximum atomic E-state index is 13.1. The fourth-order valence-electron chi connectivity index (χ4n) is 2.02. The molecule has 0 aromatic heterocycles. The van der Waals surface area contributed by atoms with E-state index < -0.39 is 18.3 Å². The summed E-state index contributed by atoms with van der Waals surface area (Å²) in [6, 6.07) is 11.1. The summed E-state index contributed by atoms with van der Waals surface area (Å²) in [6.45, 7) is 2.02. The zero-order chi connectivity index (χ0) is 16.8. The first-order chi connectivity index (χ1) is 10.9. The lowest BCUT2D eigenvalue weighted by Crippen LogP contribution is -2.15. The second kappa shape index (κ2) is 7.40. The number of amides is 1. The molecular weight excluding hydrogens is 301 g/mol. The Morgan fingerprint density at radius 2 is 2.00 bits per heavy atom. The van der Waals surface area contributed by atoms with Gasteiger partial charge in [-0.05, 0) is 48.4 Å². The third kappa shape index (κ3) is 5.10. The van der Waals surface area contributed by atoms with E-state index in [4.69, 9.17) is 9.84 Å². The zero-order valence-corrected chi connectivity index (χ0v) is 12.5. The van der Waals surface area contributed by atoms with Crippen LogP contribution >= 0.6 is 0 Å². The lowest BCUT2D eigenvalue weighted by atomic mass is 10.2. The molecule has 0 saturated heterocycles. The molecule has 1 amide bonds.